The molecule has 2 N–H and O–H groups in total. The van der Waals surface area contributed by atoms with Gasteiger partial charge >= 0.3 is 0 Å². The van der Waals surface area contributed by atoms with Crippen molar-refractivity contribution in [3.05, 3.63) is 99.3 Å². The molecule has 0 saturated heterocycles. The first-order valence-corrected chi connectivity index (χ1v) is 35.3. The van der Waals surface area contributed by atoms with Crippen LogP contribution in [0.15, 0.2) is 59.2 Å². The van der Waals surface area contributed by atoms with E-state index in [1.54, 1.807) is 19.1 Å². The number of furan rings is 1. The number of hydrogen-bond acceptors (Lipinski definition) is 13. The first kappa shape index (κ1) is 72.2. The second-order valence-electron chi connectivity index (χ2n) is 30.2. The molecule has 0 spiro atoms. The van der Waals surface area contributed by atoms with Crippen molar-refractivity contribution < 1.29 is 62.3 Å². The van der Waals surface area contributed by atoms with Crippen LogP contribution in [-0.4, -0.2) is 67.1 Å². The van der Waals surface area contributed by atoms with Gasteiger partial charge in [0.05, 0.1) is 23.5 Å². The fraction of sp³-hybridized carbons (Fsp3) is 0.613. The number of ether oxygens (including phenoxy) is 5. The van der Waals surface area contributed by atoms with Crippen LogP contribution in [0.2, 0.25) is 0 Å². The van der Waals surface area contributed by atoms with Crippen LogP contribution in [-0.2, 0) is 40.1 Å². The molecule has 5 aromatic rings. The first-order valence-electron chi connectivity index (χ1n) is 35.3. The number of rotatable bonds is 23. The first-order chi connectivity index (χ1) is 43.9. The Kier molecular flexibility index (Phi) is 23.3. The Labute approximate surface area is 555 Å². The highest BCUT2D eigenvalue weighted by atomic mass is 16.5. The molecule has 4 aromatic carbocycles. The molecule has 1 aliphatic carbocycles. The standard InChI is InChI=1S/C21H28O3.C21H30O2.C20H28O4.C18H24O4/c1-5-6-7-8-15-11-18-20-16(13-23-18)17(10-9-14(2)22)21(3,4)24-19(20)12-15;1-5-6-7-8-14-11-17-19-15-13-21(4,23-18(19)12-14)10-9-16(15)20(2,3)22-17;1-5-6-7-8-14-11-16(22)18-17(12-14)24-20(3,4)15(19(18)23)10-9-13(2)21;1-5-6-12-9-14(20)16-15(10-12)22-18(3,4)13(17(16)21)8-7-11(2)19/h11-13,17H,5-10H2,1-4H3;11-12,15-16H,5-10,13H2,1-4H3;11-12,15,22H,5-10H2,1-4H3;9-10,13,20H,5-8H2,1-4H3. The predicted molar refractivity (Wildman–Crippen MR) is 369 cm³/mol. The minimum Gasteiger partial charge on any atom is -0.507 e. The average molecular weight is 1280 g/mol. The summed E-state index contributed by atoms with van der Waals surface area (Å²) in [6, 6.07) is 16.0. The van der Waals surface area contributed by atoms with E-state index in [1.807, 2.05) is 46.1 Å². The molecule has 0 amide bonds. The van der Waals surface area contributed by atoms with Crippen LogP contribution in [0.3, 0.4) is 0 Å². The minimum absolute atomic E-state index is 0.00711. The predicted octanol–water partition coefficient (Wildman–Crippen LogP) is 19.6. The van der Waals surface area contributed by atoms with Gasteiger partial charge in [-0.05, 0) is 237 Å². The van der Waals surface area contributed by atoms with E-state index in [2.05, 4.69) is 86.6 Å². The number of benzene rings is 4. The molecule has 1 aromatic heterocycles. The smallest absolute Gasteiger partial charge is 0.177 e. The summed E-state index contributed by atoms with van der Waals surface area (Å²) in [6.07, 6.45) is 24.0. The second kappa shape index (κ2) is 30.0. The zero-order chi connectivity index (χ0) is 68.0. The van der Waals surface area contributed by atoms with Gasteiger partial charge < -0.3 is 52.7 Å². The van der Waals surface area contributed by atoms with Gasteiger partial charge in [0, 0.05) is 48.1 Å². The highest BCUT2D eigenvalue weighted by Crippen LogP contribution is 2.60. The third-order valence-corrected chi connectivity index (χ3v) is 20.5. The third kappa shape index (κ3) is 16.9. The molecule has 13 heteroatoms. The number of hydrogen-bond donors (Lipinski definition) is 2. The van der Waals surface area contributed by atoms with Crippen LogP contribution in [0, 0.1) is 17.8 Å². The lowest BCUT2D eigenvalue weighted by Crippen LogP contribution is -2.53. The molecule has 11 rings (SSSR count). The van der Waals surface area contributed by atoms with Crippen LogP contribution >= 0.6 is 0 Å². The van der Waals surface area contributed by atoms with Gasteiger partial charge in [0.1, 0.15) is 102 Å². The lowest BCUT2D eigenvalue weighted by molar-refractivity contribution is -0.118. The zero-order valence-corrected chi connectivity index (χ0v) is 59.2. The Morgan fingerprint density at radius 3 is 1.34 bits per heavy atom. The Hall–Kier alpha value is -6.63. The van der Waals surface area contributed by atoms with E-state index < -0.39 is 23.0 Å². The highest BCUT2D eigenvalue weighted by molar-refractivity contribution is 6.05. The van der Waals surface area contributed by atoms with Crippen LogP contribution in [0.25, 0.3) is 11.0 Å². The van der Waals surface area contributed by atoms with Crippen LogP contribution < -0.4 is 23.7 Å². The molecule has 508 valence electrons. The quantitative estimate of drug-likeness (QED) is 0.0589. The molecule has 5 aliphatic heterocycles. The normalized spacial score (nSPS) is 22.4. The van der Waals surface area contributed by atoms with Gasteiger partial charge in [-0.2, -0.15) is 0 Å². The number of aromatic hydroxyl groups is 2. The van der Waals surface area contributed by atoms with Crippen LogP contribution in [0.4, 0.5) is 0 Å². The number of fused-ring (bicyclic) bond motifs is 3. The Balaban J connectivity index is 0.000000159. The summed E-state index contributed by atoms with van der Waals surface area (Å²) < 4.78 is 37.3. The molecule has 6 atom stereocenters. The van der Waals surface area contributed by atoms with Crippen LogP contribution in [0.5, 0.6) is 40.2 Å². The molecule has 0 radical (unpaired) electrons. The second-order valence-corrected chi connectivity index (χ2v) is 30.2. The molecule has 1 fully saturated rings. The summed E-state index contributed by atoms with van der Waals surface area (Å²) in [5, 5.41) is 21.7. The third-order valence-electron chi connectivity index (χ3n) is 20.5. The van der Waals surface area contributed by atoms with Crippen molar-refractivity contribution in [1.82, 2.24) is 0 Å². The molecule has 93 heavy (non-hydrogen) atoms. The van der Waals surface area contributed by atoms with Crippen molar-refractivity contribution in [3.8, 4) is 40.2 Å². The van der Waals surface area contributed by atoms with Crippen molar-refractivity contribution in [3.63, 3.8) is 0 Å². The van der Waals surface area contributed by atoms with Crippen molar-refractivity contribution in [2.75, 3.05) is 0 Å². The maximum absolute atomic E-state index is 12.9. The van der Waals surface area contributed by atoms with Gasteiger partial charge in [-0.25, -0.2) is 0 Å². The summed E-state index contributed by atoms with van der Waals surface area (Å²) in [5.74, 6) is 4.70. The highest BCUT2D eigenvalue weighted by Gasteiger charge is 2.54. The fourth-order valence-corrected chi connectivity index (χ4v) is 15.5. The maximum atomic E-state index is 12.9. The average Bonchev–Trinajstić information content (AvgIpc) is 1.27. The minimum atomic E-state index is -0.686. The summed E-state index contributed by atoms with van der Waals surface area (Å²) in [6.45, 7) is 31.9. The van der Waals surface area contributed by atoms with Crippen molar-refractivity contribution in [2.45, 2.75) is 298 Å². The topological polar surface area (TPSA) is 185 Å². The zero-order valence-electron chi connectivity index (χ0n) is 59.2. The van der Waals surface area contributed by atoms with Crippen molar-refractivity contribution in [2.24, 2.45) is 17.8 Å². The number of carbonyl (C=O) groups is 5. The summed E-state index contributed by atoms with van der Waals surface area (Å²) in [7, 11) is 0. The number of ketones is 5. The number of phenols is 2. The summed E-state index contributed by atoms with van der Waals surface area (Å²) in [5.41, 5.74) is 6.88. The van der Waals surface area contributed by atoms with E-state index in [4.69, 9.17) is 28.1 Å². The van der Waals surface area contributed by atoms with Gasteiger partial charge in [0.2, 0.25) is 0 Å². The van der Waals surface area contributed by atoms with E-state index in [1.165, 1.54) is 81.0 Å². The number of carbonyl (C=O) groups excluding carboxylic acids is 5. The number of unbranched alkanes of at least 4 members (excludes halogenated alkanes) is 6. The van der Waals surface area contributed by atoms with E-state index in [-0.39, 0.29) is 74.3 Å². The fourth-order valence-electron chi connectivity index (χ4n) is 15.5. The largest absolute Gasteiger partial charge is 0.507 e. The number of phenolic OH excluding ortho intramolecular Hbond substituents is 2. The summed E-state index contributed by atoms with van der Waals surface area (Å²) in [4.78, 5) is 59.6. The van der Waals surface area contributed by atoms with Gasteiger partial charge in [-0.3, -0.25) is 9.59 Å². The van der Waals surface area contributed by atoms with E-state index in [0.29, 0.717) is 55.4 Å². The van der Waals surface area contributed by atoms with E-state index in [0.717, 1.165) is 110 Å². The Bertz CT molecular complexity index is 3480. The molecular formula is C80H110O13. The monoisotopic (exact) mass is 1280 g/mol. The molecule has 6 unspecified atom stereocenters. The SMILES string of the molecule is CCCCCc1cc(O)c2c(c1)OC(C)(C)C(CCC(C)=O)C2=O.CCCCCc1cc2c3c(c1)OC(C)(C)C1CCC(C)(CC31)O2.CCCCCc1cc2c3c(coc3c1)C(CCC(C)=O)C(C)(C)O2.CCCc1cc(O)c2c(c1)OC(C)(C)C(CCC(C)=O)C2=O. The van der Waals surface area contributed by atoms with Gasteiger partial charge in [-0.15, -0.1) is 0 Å². The Morgan fingerprint density at radius 2 is 0.871 bits per heavy atom. The van der Waals surface area contributed by atoms with Crippen molar-refractivity contribution in [1.29, 1.82) is 0 Å². The molecule has 1 saturated carbocycles. The van der Waals surface area contributed by atoms with Gasteiger partial charge in [-0.1, -0.05) is 72.6 Å². The maximum Gasteiger partial charge on any atom is 0.177 e. The molecule has 2 bridgehead atoms. The molecule has 13 nitrogen and oxygen atoms in total. The Morgan fingerprint density at radius 1 is 0.473 bits per heavy atom. The van der Waals surface area contributed by atoms with E-state index in [9.17, 15) is 34.2 Å². The van der Waals surface area contributed by atoms with Gasteiger partial charge in [0.15, 0.2) is 11.6 Å². The molecular weight excluding hydrogens is 1170 g/mol. The lowest BCUT2D eigenvalue weighted by atomic mass is 9.61. The van der Waals surface area contributed by atoms with E-state index >= 15 is 0 Å². The lowest BCUT2D eigenvalue weighted by Gasteiger charge is -2.55. The summed E-state index contributed by atoms with van der Waals surface area (Å²) >= 11 is 0. The van der Waals surface area contributed by atoms with Gasteiger partial charge in [0.25, 0.3) is 0 Å². The van der Waals surface area contributed by atoms with Crippen molar-refractivity contribution >= 4 is 39.9 Å². The van der Waals surface area contributed by atoms with Crippen LogP contribution in [0.1, 0.15) is 299 Å². The molecule has 6 heterocycles. The number of Topliss-reactive ketones (excluding diaryl/α,β-unsaturated/α-hetero) is 5. The number of aryl methyl sites for hydroxylation is 4. The molecule has 6 aliphatic rings.